The molecule has 0 aliphatic carbocycles. The molecule has 0 atom stereocenters. The molecule has 154 valence electrons. The summed E-state index contributed by atoms with van der Waals surface area (Å²) in [6, 6.07) is 17.5. The first-order valence-corrected chi connectivity index (χ1v) is 10.7. The lowest BCUT2D eigenvalue weighted by atomic mass is 10.1. The van der Waals surface area contributed by atoms with Crippen molar-refractivity contribution >= 4 is 29.4 Å². The van der Waals surface area contributed by atoms with Crippen LogP contribution in [-0.2, 0) is 25.1 Å². The topological polar surface area (TPSA) is 118 Å². The van der Waals surface area contributed by atoms with Gasteiger partial charge in [-0.15, -0.1) is 0 Å². The van der Waals surface area contributed by atoms with Gasteiger partial charge >= 0.3 is 7.82 Å². The van der Waals surface area contributed by atoms with Crippen molar-refractivity contribution in [3.63, 3.8) is 0 Å². The second-order valence-electron chi connectivity index (χ2n) is 6.28. The summed E-state index contributed by atoms with van der Waals surface area (Å²) in [6.45, 7) is -0.247. The third kappa shape index (κ3) is 5.12. The van der Waals surface area contributed by atoms with Crippen LogP contribution in [0.2, 0.25) is 0 Å². The Bertz CT molecular complexity index is 1020. The number of phosphoric acid groups is 1. The van der Waals surface area contributed by atoms with E-state index in [1.807, 2.05) is 73.6 Å². The van der Waals surface area contributed by atoms with Crippen LogP contribution in [0.1, 0.15) is 0 Å². The molecule has 3 rings (SSSR count). The number of anilines is 1. The van der Waals surface area contributed by atoms with Gasteiger partial charge in [-0.05, 0) is 30.3 Å². The summed E-state index contributed by atoms with van der Waals surface area (Å²) in [5.41, 5.74) is 4.32. The van der Waals surface area contributed by atoms with Crippen LogP contribution in [0, 0.1) is 0 Å². The predicted octanol–water partition coefficient (Wildman–Crippen LogP) is 3.91. The fourth-order valence-electron chi connectivity index (χ4n) is 2.68. The Morgan fingerprint density at radius 2 is 1.76 bits per heavy atom. The molecule has 0 amide bonds. The molecule has 0 bridgehead atoms. The van der Waals surface area contributed by atoms with Crippen LogP contribution in [0.15, 0.2) is 59.1 Å². The van der Waals surface area contributed by atoms with Gasteiger partial charge < -0.3 is 4.90 Å². The molecule has 11 heteroatoms. The predicted molar refractivity (Wildman–Crippen MR) is 114 cm³/mol. The van der Waals surface area contributed by atoms with Gasteiger partial charge in [-0.3, -0.25) is 4.52 Å². The molecule has 1 heterocycles. The summed E-state index contributed by atoms with van der Waals surface area (Å²) >= 11 is 3.47. The number of hydrogen-bond donors (Lipinski definition) is 2. The molecule has 1 aromatic heterocycles. The fraction of sp³-hybridized carbons (Fsp3) is 0.167. The van der Waals surface area contributed by atoms with Gasteiger partial charge in [-0.1, -0.05) is 40.2 Å². The fourth-order valence-corrected chi connectivity index (χ4v) is 3.50. The van der Waals surface area contributed by atoms with Gasteiger partial charge in [0.05, 0.1) is 11.4 Å². The van der Waals surface area contributed by atoms with E-state index in [1.165, 1.54) is 4.68 Å². The van der Waals surface area contributed by atoms with E-state index in [9.17, 15) is 4.57 Å². The van der Waals surface area contributed by atoms with Gasteiger partial charge in [0.15, 0.2) is 6.73 Å². The summed E-state index contributed by atoms with van der Waals surface area (Å²) in [5, 5.41) is 4.58. The zero-order valence-electron chi connectivity index (χ0n) is 15.9. The quantitative estimate of drug-likeness (QED) is 0.367. The molecule has 0 aliphatic heterocycles. The van der Waals surface area contributed by atoms with E-state index in [-0.39, 0.29) is 6.73 Å². The molecule has 0 fully saturated rings. The van der Waals surface area contributed by atoms with Crippen molar-refractivity contribution in [2.75, 3.05) is 19.0 Å². The van der Waals surface area contributed by atoms with Crippen molar-refractivity contribution in [1.29, 1.82) is 0 Å². The highest BCUT2D eigenvalue weighted by Gasteiger charge is 2.26. The second-order valence-corrected chi connectivity index (χ2v) is 8.77. The largest absolute Gasteiger partial charge is 0.509 e. The van der Waals surface area contributed by atoms with Crippen LogP contribution in [-0.4, -0.2) is 23.9 Å². The van der Waals surface area contributed by atoms with Crippen molar-refractivity contribution in [3.05, 3.63) is 59.1 Å². The standard InChI is InChI=1S/C18H21BrN5O4P/c1-23(2)16-8-6-13(7-9-16)17-11-18(14-4-3-5-15(19)10-14)24(22-17)12-26-29(25,27-20)28-21/h3-11H,12,20-21H2,1-2H3. The lowest BCUT2D eigenvalue weighted by molar-refractivity contribution is 0.0865. The molecule has 9 nitrogen and oxygen atoms in total. The second kappa shape index (κ2) is 9.19. The molecule has 3 aromatic rings. The molecule has 0 spiro atoms. The minimum atomic E-state index is -4.07. The molecular weight excluding hydrogens is 461 g/mol. The van der Waals surface area contributed by atoms with Gasteiger partial charge in [-0.25, -0.2) is 21.0 Å². The van der Waals surface area contributed by atoms with Crippen LogP contribution >= 0.6 is 23.8 Å². The molecule has 0 saturated carbocycles. The monoisotopic (exact) mass is 481 g/mol. The van der Waals surface area contributed by atoms with Crippen LogP contribution in [0.5, 0.6) is 0 Å². The maximum atomic E-state index is 12.0. The molecule has 0 aliphatic rings. The number of hydrogen-bond acceptors (Lipinski definition) is 8. The van der Waals surface area contributed by atoms with E-state index >= 15 is 0 Å². The summed E-state index contributed by atoms with van der Waals surface area (Å²) in [6.07, 6.45) is 0. The van der Waals surface area contributed by atoms with Crippen molar-refractivity contribution in [3.8, 4) is 22.5 Å². The van der Waals surface area contributed by atoms with Gasteiger partial charge in [0, 0.05) is 35.4 Å². The van der Waals surface area contributed by atoms with Crippen molar-refractivity contribution < 1.29 is 18.3 Å². The first kappa shape index (κ1) is 21.7. The van der Waals surface area contributed by atoms with Gasteiger partial charge in [0.25, 0.3) is 0 Å². The van der Waals surface area contributed by atoms with E-state index in [2.05, 4.69) is 30.3 Å². The third-order valence-corrected chi connectivity index (χ3v) is 5.62. The molecule has 0 saturated heterocycles. The molecule has 2 aromatic carbocycles. The van der Waals surface area contributed by atoms with E-state index < -0.39 is 7.82 Å². The normalized spacial score (nSPS) is 11.6. The zero-order chi connectivity index (χ0) is 21.0. The van der Waals surface area contributed by atoms with Crippen LogP contribution < -0.4 is 16.7 Å². The summed E-state index contributed by atoms with van der Waals surface area (Å²) < 4.78 is 28.1. The molecule has 0 unspecified atom stereocenters. The van der Waals surface area contributed by atoms with Crippen LogP contribution in [0.4, 0.5) is 5.69 Å². The maximum Gasteiger partial charge on any atom is 0.509 e. The minimum Gasteiger partial charge on any atom is -0.378 e. The first-order chi connectivity index (χ1) is 13.8. The number of nitrogens with two attached hydrogens (primary N) is 2. The zero-order valence-corrected chi connectivity index (χ0v) is 18.3. The van der Waals surface area contributed by atoms with Crippen LogP contribution in [0.3, 0.4) is 0 Å². The summed E-state index contributed by atoms with van der Waals surface area (Å²) in [4.78, 5) is 2.01. The Morgan fingerprint density at radius 3 is 2.34 bits per heavy atom. The SMILES string of the molecule is CN(C)c1ccc(-c2cc(-c3cccc(Br)c3)n(COP(=O)(ON)ON)n2)cc1. The van der Waals surface area contributed by atoms with Gasteiger partial charge in [0.1, 0.15) is 0 Å². The number of rotatable bonds is 8. The average molecular weight is 482 g/mol. The number of benzene rings is 2. The number of aromatic nitrogens is 2. The highest BCUT2D eigenvalue weighted by atomic mass is 79.9. The van der Waals surface area contributed by atoms with Crippen molar-refractivity contribution in [2.45, 2.75) is 6.73 Å². The third-order valence-electron chi connectivity index (χ3n) is 4.18. The molecule has 29 heavy (non-hydrogen) atoms. The van der Waals surface area contributed by atoms with Crippen molar-refractivity contribution in [2.24, 2.45) is 11.8 Å². The van der Waals surface area contributed by atoms with Crippen LogP contribution in [0.25, 0.3) is 22.5 Å². The highest BCUT2D eigenvalue weighted by Crippen LogP contribution is 2.46. The Hall–Kier alpha value is -2.04. The van der Waals surface area contributed by atoms with Gasteiger partial charge in [0.2, 0.25) is 0 Å². The maximum absolute atomic E-state index is 12.0. The molecule has 0 radical (unpaired) electrons. The Labute approximate surface area is 176 Å². The van der Waals surface area contributed by atoms with E-state index in [1.54, 1.807) is 0 Å². The minimum absolute atomic E-state index is 0.247. The average Bonchev–Trinajstić information content (AvgIpc) is 3.16. The van der Waals surface area contributed by atoms with Gasteiger partial charge in [-0.2, -0.15) is 14.3 Å². The Morgan fingerprint density at radius 1 is 1.07 bits per heavy atom. The summed E-state index contributed by atoms with van der Waals surface area (Å²) in [5.74, 6) is 9.91. The Balaban J connectivity index is 2.00. The van der Waals surface area contributed by atoms with E-state index in [0.717, 1.165) is 27.0 Å². The highest BCUT2D eigenvalue weighted by molar-refractivity contribution is 9.10. The molecular formula is C18H21BrN5O4P. The Kier molecular flexibility index (Phi) is 6.86. The van der Waals surface area contributed by atoms with Crippen molar-refractivity contribution in [1.82, 2.24) is 9.78 Å². The number of nitrogens with zero attached hydrogens (tertiary/aromatic N) is 3. The smallest absolute Gasteiger partial charge is 0.378 e. The van der Waals surface area contributed by atoms with E-state index in [4.69, 9.17) is 16.3 Å². The van der Waals surface area contributed by atoms with E-state index in [0.29, 0.717) is 5.69 Å². The molecule has 4 N–H and O–H groups in total. The number of halogens is 1. The lowest BCUT2D eigenvalue weighted by Gasteiger charge is -2.13. The lowest BCUT2D eigenvalue weighted by Crippen LogP contribution is -2.11. The first-order valence-electron chi connectivity index (χ1n) is 8.48. The summed E-state index contributed by atoms with van der Waals surface area (Å²) in [7, 11) is -0.116.